The van der Waals surface area contributed by atoms with Crippen molar-refractivity contribution in [3.8, 4) is 0 Å². The predicted octanol–water partition coefficient (Wildman–Crippen LogP) is 0.895. The van der Waals surface area contributed by atoms with Gasteiger partial charge in [-0.15, -0.1) is 0 Å². The van der Waals surface area contributed by atoms with E-state index in [4.69, 9.17) is 10.6 Å². The number of amides is 1. The first-order chi connectivity index (χ1) is 8.72. The smallest absolute Gasteiger partial charge is 0.233 e. The summed E-state index contributed by atoms with van der Waals surface area (Å²) in [6, 6.07) is 0. The minimum absolute atomic E-state index is 0.0669. The fourth-order valence-corrected chi connectivity index (χ4v) is 2.40. The molecule has 106 valence electrons. The molecule has 3 N–H and O–H groups in total. The first kappa shape index (κ1) is 15.4. The number of carbonyl (C=O) groups is 1. The van der Waals surface area contributed by atoms with Gasteiger partial charge in [-0.2, -0.15) is 0 Å². The molecule has 0 aromatic heterocycles. The van der Waals surface area contributed by atoms with Crippen LogP contribution in [0.5, 0.6) is 0 Å². The fraction of sp³-hybridized carbons (Fsp3) is 0.923. The molecule has 0 aromatic rings. The molecular weight excluding hydrogens is 230 g/mol. The maximum Gasteiger partial charge on any atom is 0.233 e. The Morgan fingerprint density at radius 1 is 1.44 bits per heavy atom. The summed E-state index contributed by atoms with van der Waals surface area (Å²) in [4.78, 5) is 13.3. The van der Waals surface area contributed by atoms with Gasteiger partial charge in [-0.1, -0.05) is 6.42 Å². The summed E-state index contributed by atoms with van der Waals surface area (Å²) in [7, 11) is 2.17. The third kappa shape index (κ3) is 6.93. The van der Waals surface area contributed by atoms with Crippen LogP contribution >= 0.6 is 0 Å². The Labute approximate surface area is 110 Å². The summed E-state index contributed by atoms with van der Waals surface area (Å²) >= 11 is 0. The van der Waals surface area contributed by atoms with E-state index in [-0.39, 0.29) is 5.91 Å². The van der Waals surface area contributed by atoms with Crippen LogP contribution < -0.4 is 11.3 Å². The molecule has 0 bridgehead atoms. The first-order valence-corrected chi connectivity index (χ1v) is 6.98. The number of rotatable bonds is 8. The maximum absolute atomic E-state index is 10.9. The molecule has 0 aromatic carbocycles. The molecule has 1 fully saturated rings. The molecule has 1 saturated heterocycles. The standard InChI is InChI=1S/C13H27N3O2/c1-16(10-12-6-5-9-18-11-12)8-4-2-3-7-13(17)15-14/h12H,2-11,14H2,1H3,(H,15,17). The van der Waals surface area contributed by atoms with Gasteiger partial charge in [0.15, 0.2) is 0 Å². The predicted molar refractivity (Wildman–Crippen MR) is 71.8 cm³/mol. The number of nitrogens with two attached hydrogens (primary N) is 1. The van der Waals surface area contributed by atoms with E-state index < -0.39 is 0 Å². The minimum atomic E-state index is -0.0669. The lowest BCUT2D eigenvalue weighted by Gasteiger charge is -2.27. The van der Waals surface area contributed by atoms with Crippen LogP contribution in [0.2, 0.25) is 0 Å². The maximum atomic E-state index is 10.9. The first-order valence-electron chi connectivity index (χ1n) is 6.98. The SMILES string of the molecule is CN(CCCCCC(=O)NN)CC1CCCOC1. The highest BCUT2D eigenvalue weighted by Crippen LogP contribution is 2.14. The molecule has 1 aliphatic heterocycles. The summed E-state index contributed by atoms with van der Waals surface area (Å²) in [5.74, 6) is 5.65. The molecule has 1 aliphatic rings. The zero-order valence-electron chi connectivity index (χ0n) is 11.5. The van der Waals surface area contributed by atoms with Crippen molar-refractivity contribution in [3.63, 3.8) is 0 Å². The number of unbranched alkanes of at least 4 members (excludes halogenated alkanes) is 2. The Balaban J connectivity index is 1.95. The van der Waals surface area contributed by atoms with E-state index in [0.29, 0.717) is 12.3 Å². The molecule has 1 atom stereocenters. The topological polar surface area (TPSA) is 67.6 Å². The summed E-state index contributed by atoms with van der Waals surface area (Å²) in [5, 5.41) is 0. The minimum Gasteiger partial charge on any atom is -0.381 e. The second-order valence-corrected chi connectivity index (χ2v) is 5.22. The number of ether oxygens (including phenoxy) is 1. The molecule has 1 heterocycles. The Morgan fingerprint density at radius 3 is 2.94 bits per heavy atom. The van der Waals surface area contributed by atoms with Gasteiger partial charge in [-0.3, -0.25) is 10.2 Å². The average Bonchev–Trinajstić information content (AvgIpc) is 2.39. The Morgan fingerprint density at radius 2 is 2.28 bits per heavy atom. The lowest BCUT2D eigenvalue weighted by Crippen LogP contribution is -2.31. The van der Waals surface area contributed by atoms with E-state index in [1.165, 1.54) is 12.8 Å². The third-order valence-corrected chi connectivity index (χ3v) is 3.43. The summed E-state index contributed by atoms with van der Waals surface area (Å²) in [5.41, 5.74) is 2.16. The summed E-state index contributed by atoms with van der Waals surface area (Å²) < 4.78 is 5.48. The molecule has 1 amide bonds. The van der Waals surface area contributed by atoms with Gasteiger partial charge >= 0.3 is 0 Å². The fourth-order valence-electron chi connectivity index (χ4n) is 2.40. The molecular formula is C13H27N3O2. The van der Waals surface area contributed by atoms with Crippen molar-refractivity contribution in [1.82, 2.24) is 10.3 Å². The van der Waals surface area contributed by atoms with Gasteiger partial charge in [0.05, 0.1) is 6.61 Å². The van der Waals surface area contributed by atoms with Gasteiger partial charge in [-0.05, 0) is 45.2 Å². The van der Waals surface area contributed by atoms with Crippen LogP contribution in [0, 0.1) is 5.92 Å². The van der Waals surface area contributed by atoms with Crippen molar-refractivity contribution >= 4 is 5.91 Å². The number of nitrogens with one attached hydrogen (secondary N) is 1. The van der Waals surface area contributed by atoms with E-state index in [2.05, 4.69) is 17.4 Å². The van der Waals surface area contributed by atoms with Crippen molar-refractivity contribution in [1.29, 1.82) is 0 Å². The van der Waals surface area contributed by atoms with Gasteiger partial charge in [0.25, 0.3) is 0 Å². The monoisotopic (exact) mass is 257 g/mol. The van der Waals surface area contributed by atoms with E-state index in [1.807, 2.05) is 0 Å². The van der Waals surface area contributed by atoms with Crippen LogP contribution in [0.3, 0.4) is 0 Å². The van der Waals surface area contributed by atoms with Gasteiger partial charge in [0.2, 0.25) is 5.91 Å². The molecule has 5 nitrogen and oxygen atoms in total. The highest BCUT2D eigenvalue weighted by atomic mass is 16.5. The van der Waals surface area contributed by atoms with Crippen LogP contribution in [0.25, 0.3) is 0 Å². The lowest BCUT2D eigenvalue weighted by molar-refractivity contribution is -0.121. The summed E-state index contributed by atoms with van der Waals surface area (Å²) in [6.07, 6.45) is 6.18. The van der Waals surface area contributed by atoms with Gasteiger partial charge in [0, 0.05) is 19.6 Å². The highest BCUT2D eigenvalue weighted by Gasteiger charge is 2.15. The Kier molecular flexibility index (Phi) is 7.96. The van der Waals surface area contributed by atoms with Crippen LogP contribution in [0.4, 0.5) is 0 Å². The lowest BCUT2D eigenvalue weighted by atomic mass is 10.0. The van der Waals surface area contributed by atoms with Crippen LogP contribution in [-0.4, -0.2) is 44.2 Å². The third-order valence-electron chi connectivity index (χ3n) is 3.43. The van der Waals surface area contributed by atoms with Crippen molar-refractivity contribution in [2.45, 2.75) is 38.5 Å². The highest BCUT2D eigenvalue weighted by molar-refractivity contribution is 5.74. The molecule has 1 rings (SSSR count). The van der Waals surface area contributed by atoms with Gasteiger partial charge in [0.1, 0.15) is 0 Å². The van der Waals surface area contributed by atoms with Crippen LogP contribution in [0.1, 0.15) is 38.5 Å². The van der Waals surface area contributed by atoms with Crippen molar-refractivity contribution < 1.29 is 9.53 Å². The molecule has 1 unspecified atom stereocenters. The molecule has 0 radical (unpaired) electrons. The average molecular weight is 257 g/mol. The Bertz CT molecular complexity index is 230. The number of carbonyl (C=O) groups excluding carboxylic acids is 1. The van der Waals surface area contributed by atoms with Crippen molar-refractivity contribution in [2.24, 2.45) is 11.8 Å². The molecule has 0 aliphatic carbocycles. The quantitative estimate of drug-likeness (QED) is 0.293. The molecule has 5 heteroatoms. The zero-order valence-corrected chi connectivity index (χ0v) is 11.5. The van der Waals surface area contributed by atoms with E-state index >= 15 is 0 Å². The zero-order chi connectivity index (χ0) is 13.2. The van der Waals surface area contributed by atoms with E-state index in [0.717, 1.165) is 45.6 Å². The van der Waals surface area contributed by atoms with Crippen LogP contribution in [0.15, 0.2) is 0 Å². The second-order valence-electron chi connectivity index (χ2n) is 5.22. The van der Waals surface area contributed by atoms with Crippen molar-refractivity contribution in [3.05, 3.63) is 0 Å². The number of nitrogens with zero attached hydrogens (tertiary/aromatic N) is 1. The van der Waals surface area contributed by atoms with Gasteiger partial charge in [-0.25, -0.2) is 5.84 Å². The largest absolute Gasteiger partial charge is 0.381 e. The number of hydrogen-bond acceptors (Lipinski definition) is 4. The summed E-state index contributed by atoms with van der Waals surface area (Å²) in [6.45, 7) is 4.08. The molecule has 18 heavy (non-hydrogen) atoms. The number of hydrazine groups is 1. The van der Waals surface area contributed by atoms with Crippen LogP contribution in [-0.2, 0) is 9.53 Å². The number of hydrogen-bond donors (Lipinski definition) is 2. The van der Waals surface area contributed by atoms with Crippen molar-refractivity contribution in [2.75, 3.05) is 33.4 Å². The van der Waals surface area contributed by atoms with Gasteiger partial charge < -0.3 is 9.64 Å². The van der Waals surface area contributed by atoms with E-state index in [9.17, 15) is 4.79 Å². The van der Waals surface area contributed by atoms with E-state index in [1.54, 1.807) is 0 Å². The molecule has 0 saturated carbocycles. The molecule has 0 spiro atoms. The normalized spacial score (nSPS) is 20.1. The second kappa shape index (κ2) is 9.30. The Hall–Kier alpha value is -0.650.